The van der Waals surface area contributed by atoms with E-state index in [1.165, 1.54) is 16.0 Å². The van der Waals surface area contributed by atoms with Gasteiger partial charge in [0, 0.05) is 29.4 Å². The molecule has 3 aromatic heterocycles. The highest BCUT2D eigenvalue weighted by molar-refractivity contribution is 7.18. The molecule has 26 heavy (non-hydrogen) atoms. The molecule has 130 valence electrons. The van der Waals surface area contributed by atoms with Crippen molar-refractivity contribution in [1.29, 1.82) is 0 Å². The van der Waals surface area contributed by atoms with E-state index in [1.807, 2.05) is 24.4 Å². The Bertz CT molecular complexity index is 1030. The number of nitrogens with zero attached hydrogens (tertiary/aromatic N) is 3. The summed E-state index contributed by atoms with van der Waals surface area (Å²) in [6, 6.07) is 14.4. The number of benzene rings is 1. The smallest absolute Gasteiger partial charge is 0.164 e. The van der Waals surface area contributed by atoms with E-state index in [0.29, 0.717) is 5.82 Å². The number of anilines is 1. The molecule has 0 radical (unpaired) electrons. The lowest BCUT2D eigenvalue weighted by Gasteiger charge is -2.10. The minimum atomic E-state index is 0.717. The molecular formula is C21H20N4S. The van der Waals surface area contributed by atoms with Gasteiger partial charge in [0.25, 0.3) is 0 Å². The minimum Gasteiger partial charge on any atom is -0.369 e. The standard InChI is InChI=1S/C21H20N4S/c1-14-15(2)26-21-18(14)20(23-12-10-16-7-4-3-5-8-16)24-19(25-21)17-9-6-11-22-13-17/h3-9,11,13H,10,12H2,1-2H3,(H,23,24,25). The highest BCUT2D eigenvalue weighted by atomic mass is 32.1. The van der Waals surface area contributed by atoms with Crippen LogP contribution in [0.2, 0.25) is 0 Å². The van der Waals surface area contributed by atoms with Gasteiger partial charge in [0.1, 0.15) is 10.6 Å². The first-order chi connectivity index (χ1) is 12.7. The molecule has 4 aromatic rings. The maximum absolute atomic E-state index is 4.82. The molecule has 0 aliphatic rings. The lowest BCUT2D eigenvalue weighted by Crippen LogP contribution is -2.08. The number of rotatable bonds is 5. The first-order valence-electron chi connectivity index (χ1n) is 8.68. The quantitative estimate of drug-likeness (QED) is 0.543. The molecule has 0 spiro atoms. The van der Waals surface area contributed by atoms with Crippen LogP contribution in [-0.2, 0) is 6.42 Å². The first-order valence-corrected chi connectivity index (χ1v) is 9.50. The largest absolute Gasteiger partial charge is 0.369 e. The van der Waals surface area contributed by atoms with Gasteiger partial charge >= 0.3 is 0 Å². The normalized spacial score (nSPS) is 11.0. The van der Waals surface area contributed by atoms with Crippen molar-refractivity contribution in [2.24, 2.45) is 0 Å². The number of fused-ring (bicyclic) bond motifs is 1. The lowest BCUT2D eigenvalue weighted by molar-refractivity contribution is 1.01. The van der Waals surface area contributed by atoms with Crippen molar-refractivity contribution in [2.75, 3.05) is 11.9 Å². The zero-order valence-electron chi connectivity index (χ0n) is 14.9. The third kappa shape index (κ3) is 3.30. The number of thiophene rings is 1. The zero-order valence-corrected chi connectivity index (χ0v) is 15.7. The number of aryl methyl sites for hydroxylation is 2. The molecule has 3 heterocycles. The highest BCUT2D eigenvalue weighted by Gasteiger charge is 2.15. The fourth-order valence-corrected chi connectivity index (χ4v) is 4.00. The van der Waals surface area contributed by atoms with E-state index in [1.54, 1.807) is 17.5 Å². The van der Waals surface area contributed by atoms with Crippen LogP contribution in [0.25, 0.3) is 21.6 Å². The van der Waals surface area contributed by atoms with E-state index < -0.39 is 0 Å². The van der Waals surface area contributed by atoms with Gasteiger partial charge in [0.15, 0.2) is 5.82 Å². The van der Waals surface area contributed by atoms with Crippen LogP contribution in [0.15, 0.2) is 54.9 Å². The molecule has 0 aliphatic heterocycles. The molecule has 0 atom stereocenters. The van der Waals surface area contributed by atoms with Gasteiger partial charge in [0.05, 0.1) is 5.39 Å². The summed E-state index contributed by atoms with van der Waals surface area (Å²) in [6.45, 7) is 5.11. The van der Waals surface area contributed by atoms with Crippen LogP contribution in [0.3, 0.4) is 0 Å². The van der Waals surface area contributed by atoms with Crippen LogP contribution < -0.4 is 5.32 Å². The van der Waals surface area contributed by atoms with E-state index in [0.717, 1.165) is 34.6 Å². The van der Waals surface area contributed by atoms with Crippen LogP contribution in [0.1, 0.15) is 16.0 Å². The highest BCUT2D eigenvalue weighted by Crippen LogP contribution is 2.34. The molecule has 0 saturated heterocycles. The molecule has 0 aliphatic carbocycles. The Morgan fingerprint density at radius 3 is 2.62 bits per heavy atom. The summed E-state index contributed by atoms with van der Waals surface area (Å²) in [5.41, 5.74) is 3.50. The SMILES string of the molecule is Cc1sc2nc(-c3cccnc3)nc(NCCc3ccccc3)c2c1C. The number of hydrogen-bond acceptors (Lipinski definition) is 5. The zero-order chi connectivity index (χ0) is 17.9. The minimum absolute atomic E-state index is 0.717. The second kappa shape index (κ2) is 7.22. The van der Waals surface area contributed by atoms with Crippen LogP contribution in [0.5, 0.6) is 0 Å². The molecule has 1 aromatic carbocycles. The summed E-state index contributed by atoms with van der Waals surface area (Å²) in [6.07, 6.45) is 4.53. The van der Waals surface area contributed by atoms with Crippen LogP contribution in [0.4, 0.5) is 5.82 Å². The Kier molecular flexibility index (Phi) is 4.63. The summed E-state index contributed by atoms with van der Waals surface area (Å²) in [7, 11) is 0. The molecule has 5 heteroatoms. The number of nitrogens with one attached hydrogen (secondary N) is 1. The van der Waals surface area contributed by atoms with Crippen LogP contribution in [0, 0.1) is 13.8 Å². The number of pyridine rings is 1. The predicted octanol–water partition coefficient (Wildman–Crippen LogP) is 5.02. The maximum Gasteiger partial charge on any atom is 0.164 e. The van der Waals surface area contributed by atoms with E-state index >= 15 is 0 Å². The Balaban J connectivity index is 1.69. The van der Waals surface area contributed by atoms with Gasteiger partial charge in [-0.25, -0.2) is 9.97 Å². The molecular weight excluding hydrogens is 340 g/mol. The molecule has 4 rings (SSSR count). The number of hydrogen-bond donors (Lipinski definition) is 1. The van der Waals surface area contributed by atoms with E-state index in [-0.39, 0.29) is 0 Å². The fourth-order valence-electron chi connectivity index (χ4n) is 2.97. The Morgan fingerprint density at radius 1 is 1.00 bits per heavy atom. The topological polar surface area (TPSA) is 50.7 Å². The first kappa shape index (κ1) is 16.7. The second-order valence-electron chi connectivity index (χ2n) is 6.26. The van der Waals surface area contributed by atoms with Crippen molar-refractivity contribution in [3.05, 3.63) is 70.9 Å². The van der Waals surface area contributed by atoms with Gasteiger partial charge in [0.2, 0.25) is 0 Å². The fraction of sp³-hybridized carbons (Fsp3) is 0.190. The lowest BCUT2D eigenvalue weighted by atomic mass is 10.1. The van der Waals surface area contributed by atoms with Crippen molar-refractivity contribution in [3.8, 4) is 11.4 Å². The van der Waals surface area contributed by atoms with Crippen molar-refractivity contribution in [3.63, 3.8) is 0 Å². The summed E-state index contributed by atoms with van der Waals surface area (Å²) < 4.78 is 0. The summed E-state index contributed by atoms with van der Waals surface area (Å²) in [5, 5.41) is 4.67. The van der Waals surface area contributed by atoms with E-state index in [9.17, 15) is 0 Å². The molecule has 0 bridgehead atoms. The average molecular weight is 360 g/mol. The number of aromatic nitrogens is 3. The third-order valence-corrected chi connectivity index (χ3v) is 5.60. The molecule has 4 nitrogen and oxygen atoms in total. The van der Waals surface area contributed by atoms with Crippen LogP contribution >= 0.6 is 11.3 Å². The van der Waals surface area contributed by atoms with E-state index in [2.05, 4.69) is 48.4 Å². The monoisotopic (exact) mass is 360 g/mol. The van der Waals surface area contributed by atoms with Crippen molar-refractivity contribution in [1.82, 2.24) is 15.0 Å². The average Bonchev–Trinajstić information content (AvgIpc) is 2.97. The van der Waals surface area contributed by atoms with Gasteiger partial charge in [-0.05, 0) is 43.5 Å². The predicted molar refractivity (Wildman–Crippen MR) is 109 cm³/mol. The molecule has 0 fully saturated rings. The van der Waals surface area contributed by atoms with Crippen LogP contribution in [-0.4, -0.2) is 21.5 Å². The summed E-state index contributed by atoms with van der Waals surface area (Å²) in [4.78, 5) is 16.1. The van der Waals surface area contributed by atoms with Crippen molar-refractivity contribution in [2.45, 2.75) is 20.3 Å². The van der Waals surface area contributed by atoms with Gasteiger partial charge in [-0.2, -0.15) is 0 Å². The summed E-state index contributed by atoms with van der Waals surface area (Å²) in [5.74, 6) is 1.63. The van der Waals surface area contributed by atoms with E-state index in [4.69, 9.17) is 9.97 Å². The van der Waals surface area contributed by atoms with Gasteiger partial charge < -0.3 is 5.32 Å². The molecule has 0 amide bonds. The second-order valence-corrected chi connectivity index (χ2v) is 7.47. The van der Waals surface area contributed by atoms with Crippen molar-refractivity contribution < 1.29 is 0 Å². The van der Waals surface area contributed by atoms with Gasteiger partial charge in [-0.15, -0.1) is 11.3 Å². The molecule has 1 N–H and O–H groups in total. The molecule has 0 saturated carbocycles. The Hall–Kier alpha value is -2.79. The molecule has 0 unspecified atom stereocenters. The third-order valence-electron chi connectivity index (χ3n) is 4.50. The Labute approximate surface area is 157 Å². The van der Waals surface area contributed by atoms with Crippen molar-refractivity contribution >= 4 is 27.4 Å². The van der Waals surface area contributed by atoms with Gasteiger partial charge in [-0.1, -0.05) is 30.3 Å². The Morgan fingerprint density at radius 2 is 1.85 bits per heavy atom. The maximum atomic E-state index is 4.82. The van der Waals surface area contributed by atoms with Gasteiger partial charge in [-0.3, -0.25) is 4.98 Å². The summed E-state index contributed by atoms with van der Waals surface area (Å²) >= 11 is 1.72.